The van der Waals surface area contributed by atoms with Crippen molar-refractivity contribution >= 4 is 0 Å². The van der Waals surface area contributed by atoms with Crippen LogP contribution in [0.2, 0.25) is 0 Å². The monoisotopic (exact) mass is 160 g/mol. The predicted octanol–water partition coefficient (Wildman–Crippen LogP) is 3.79. The van der Waals surface area contributed by atoms with E-state index in [1.807, 2.05) is 6.08 Å². The number of rotatable bonds is 2. The molecule has 0 aromatic rings. The Kier molecular flexibility index (Phi) is 3.09. The molecule has 0 saturated heterocycles. The van der Waals surface area contributed by atoms with Gasteiger partial charge >= 0.3 is 0 Å². The van der Waals surface area contributed by atoms with E-state index in [2.05, 4.69) is 38.7 Å². The number of hydrogen-bond acceptors (Lipinski definition) is 0. The van der Waals surface area contributed by atoms with E-state index >= 15 is 0 Å². The summed E-state index contributed by atoms with van der Waals surface area (Å²) in [5, 5.41) is 0. The van der Waals surface area contributed by atoms with Crippen LogP contribution in [0, 0.1) is 0 Å². The van der Waals surface area contributed by atoms with Crippen LogP contribution in [-0.2, 0) is 0 Å². The van der Waals surface area contributed by atoms with Gasteiger partial charge in [0.05, 0.1) is 0 Å². The average molecular weight is 160 g/mol. The summed E-state index contributed by atoms with van der Waals surface area (Å²) in [6.45, 7) is 8.03. The summed E-state index contributed by atoms with van der Waals surface area (Å²) in [6.07, 6.45) is 10.8. The van der Waals surface area contributed by atoms with Crippen molar-refractivity contribution in [2.45, 2.75) is 26.7 Å². The van der Waals surface area contributed by atoms with Gasteiger partial charge in [-0.2, -0.15) is 0 Å². The highest BCUT2D eigenvalue weighted by molar-refractivity contribution is 5.42. The Bertz CT molecular complexity index is 262. The lowest BCUT2D eigenvalue weighted by atomic mass is 9.94. The van der Waals surface area contributed by atoms with Crippen LogP contribution in [0.4, 0.5) is 0 Å². The highest BCUT2D eigenvalue weighted by Crippen LogP contribution is 2.23. The van der Waals surface area contributed by atoms with Crippen LogP contribution in [0.3, 0.4) is 0 Å². The van der Waals surface area contributed by atoms with Crippen molar-refractivity contribution in [3.8, 4) is 0 Å². The van der Waals surface area contributed by atoms with Crippen LogP contribution in [0.15, 0.2) is 47.6 Å². The second kappa shape index (κ2) is 4.10. The quantitative estimate of drug-likeness (QED) is 0.539. The maximum Gasteiger partial charge on any atom is -0.0236 e. The SMILES string of the molecule is C=CC(=CC)C1=CC=C(C)CC1. The van der Waals surface area contributed by atoms with Crippen molar-refractivity contribution < 1.29 is 0 Å². The number of allylic oxidation sites excluding steroid dienone is 7. The van der Waals surface area contributed by atoms with Crippen molar-refractivity contribution in [3.05, 3.63) is 47.6 Å². The molecule has 1 rings (SSSR count). The molecule has 0 bridgehead atoms. The first-order chi connectivity index (χ1) is 5.77. The maximum absolute atomic E-state index is 3.80. The summed E-state index contributed by atoms with van der Waals surface area (Å²) < 4.78 is 0. The molecule has 0 aromatic carbocycles. The first-order valence-electron chi connectivity index (χ1n) is 4.43. The summed E-state index contributed by atoms with van der Waals surface area (Å²) in [4.78, 5) is 0. The Labute approximate surface area is 75.0 Å². The zero-order valence-corrected chi connectivity index (χ0v) is 7.93. The summed E-state index contributed by atoms with van der Waals surface area (Å²) in [6, 6.07) is 0. The molecule has 0 radical (unpaired) electrons. The van der Waals surface area contributed by atoms with Crippen LogP contribution in [0.5, 0.6) is 0 Å². The van der Waals surface area contributed by atoms with Crippen LogP contribution in [0.1, 0.15) is 26.7 Å². The molecule has 0 unspecified atom stereocenters. The largest absolute Gasteiger partial charge is 0.0985 e. The standard InChI is InChI=1S/C12H16/c1-4-11(5-2)12-8-6-10(3)7-9-12/h4-6,8H,1,7,9H2,2-3H3. The smallest absolute Gasteiger partial charge is 0.0236 e. The Balaban J connectivity index is 2.84. The van der Waals surface area contributed by atoms with Gasteiger partial charge in [0.2, 0.25) is 0 Å². The van der Waals surface area contributed by atoms with Gasteiger partial charge in [-0.3, -0.25) is 0 Å². The molecule has 0 nitrogen and oxygen atoms in total. The highest BCUT2D eigenvalue weighted by Gasteiger charge is 2.04. The fourth-order valence-corrected chi connectivity index (χ4v) is 1.42. The maximum atomic E-state index is 3.80. The molecule has 0 amide bonds. The lowest BCUT2D eigenvalue weighted by molar-refractivity contribution is 0.918. The minimum Gasteiger partial charge on any atom is -0.0985 e. The molecule has 0 fully saturated rings. The molecule has 0 aliphatic heterocycles. The third kappa shape index (κ3) is 1.97. The summed E-state index contributed by atoms with van der Waals surface area (Å²) in [5.74, 6) is 0. The molecule has 0 heterocycles. The molecule has 0 N–H and O–H groups in total. The summed E-state index contributed by atoms with van der Waals surface area (Å²) in [7, 11) is 0. The third-order valence-electron chi connectivity index (χ3n) is 2.26. The van der Waals surface area contributed by atoms with E-state index < -0.39 is 0 Å². The van der Waals surface area contributed by atoms with E-state index in [9.17, 15) is 0 Å². The van der Waals surface area contributed by atoms with Crippen molar-refractivity contribution in [2.75, 3.05) is 0 Å². The fraction of sp³-hybridized carbons (Fsp3) is 0.333. The minimum absolute atomic E-state index is 1.16. The first-order valence-corrected chi connectivity index (χ1v) is 4.43. The van der Waals surface area contributed by atoms with Gasteiger partial charge < -0.3 is 0 Å². The second-order valence-corrected chi connectivity index (χ2v) is 3.15. The Hall–Kier alpha value is -1.04. The van der Waals surface area contributed by atoms with E-state index in [0.717, 1.165) is 6.42 Å². The molecule has 12 heavy (non-hydrogen) atoms. The van der Waals surface area contributed by atoms with Crippen LogP contribution >= 0.6 is 0 Å². The second-order valence-electron chi connectivity index (χ2n) is 3.15. The first kappa shape index (κ1) is 9.05. The minimum atomic E-state index is 1.16. The van der Waals surface area contributed by atoms with E-state index in [1.165, 1.54) is 23.1 Å². The van der Waals surface area contributed by atoms with Crippen LogP contribution in [-0.4, -0.2) is 0 Å². The van der Waals surface area contributed by atoms with Gasteiger partial charge in [0, 0.05) is 0 Å². The molecule has 64 valence electrons. The molecule has 1 aliphatic rings. The van der Waals surface area contributed by atoms with Gasteiger partial charge in [0.1, 0.15) is 0 Å². The van der Waals surface area contributed by atoms with Crippen molar-refractivity contribution in [1.29, 1.82) is 0 Å². The van der Waals surface area contributed by atoms with E-state index in [4.69, 9.17) is 0 Å². The molecule has 0 atom stereocenters. The van der Waals surface area contributed by atoms with Crippen molar-refractivity contribution in [1.82, 2.24) is 0 Å². The lowest BCUT2D eigenvalue weighted by Gasteiger charge is -2.12. The van der Waals surface area contributed by atoms with Crippen LogP contribution in [0.25, 0.3) is 0 Å². The van der Waals surface area contributed by atoms with E-state index in [0.29, 0.717) is 0 Å². The highest BCUT2D eigenvalue weighted by atomic mass is 14.1. The van der Waals surface area contributed by atoms with Gasteiger partial charge in [-0.1, -0.05) is 36.5 Å². The topological polar surface area (TPSA) is 0 Å². The molecule has 0 heteroatoms. The van der Waals surface area contributed by atoms with Gasteiger partial charge in [-0.15, -0.1) is 0 Å². The van der Waals surface area contributed by atoms with Crippen LogP contribution < -0.4 is 0 Å². The van der Waals surface area contributed by atoms with Gasteiger partial charge in [0.25, 0.3) is 0 Å². The van der Waals surface area contributed by atoms with Gasteiger partial charge in [-0.25, -0.2) is 0 Å². The third-order valence-corrected chi connectivity index (χ3v) is 2.26. The molecule has 0 spiro atoms. The normalized spacial score (nSPS) is 18.3. The molecule has 1 aliphatic carbocycles. The zero-order chi connectivity index (χ0) is 8.97. The van der Waals surface area contributed by atoms with Gasteiger partial charge in [-0.05, 0) is 37.8 Å². The zero-order valence-electron chi connectivity index (χ0n) is 7.93. The van der Waals surface area contributed by atoms with E-state index in [-0.39, 0.29) is 0 Å². The van der Waals surface area contributed by atoms with Gasteiger partial charge in [0.15, 0.2) is 0 Å². The Morgan fingerprint density at radius 3 is 2.58 bits per heavy atom. The van der Waals surface area contributed by atoms with Crippen molar-refractivity contribution in [2.24, 2.45) is 0 Å². The molecule has 0 aromatic heterocycles. The Morgan fingerprint density at radius 1 is 1.42 bits per heavy atom. The molecule has 0 saturated carbocycles. The molecular weight excluding hydrogens is 144 g/mol. The van der Waals surface area contributed by atoms with Crippen molar-refractivity contribution in [3.63, 3.8) is 0 Å². The van der Waals surface area contributed by atoms with E-state index in [1.54, 1.807) is 0 Å². The number of hydrogen-bond donors (Lipinski definition) is 0. The fourth-order valence-electron chi connectivity index (χ4n) is 1.42. The summed E-state index contributed by atoms with van der Waals surface area (Å²) >= 11 is 0. The summed E-state index contributed by atoms with van der Waals surface area (Å²) in [5.41, 5.74) is 4.16. The lowest BCUT2D eigenvalue weighted by Crippen LogP contribution is -1.92. The Morgan fingerprint density at radius 2 is 2.17 bits per heavy atom. The predicted molar refractivity (Wildman–Crippen MR) is 55.0 cm³/mol. The molecular formula is C12H16. The average Bonchev–Trinajstić information content (AvgIpc) is 2.10.